The summed E-state index contributed by atoms with van der Waals surface area (Å²) in [6.45, 7) is 1.71. The van der Waals surface area contributed by atoms with E-state index >= 15 is 0 Å². The Balaban J connectivity index is 2.95. The first-order valence-electron chi connectivity index (χ1n) is 4.24. The van der Waals surface area contributed by atoms with E-state index in [1.165, 1.54) is 10.7 Å². The molecule has 0 aliphatic carbocycles. The largest absolute Gasteiger partial charge is 0.295 e. The van der Waals surface area contributed by atoms with Crippen LogP contribution in [0.5, 0.6) is 0 Å². The van der Waals surface area contributed by atoms with Gasteiger partial charge in [-0.3, -0.25) is 9.89 Å². The Labute approximate surface area is 93.5 Å². The lowest BCUT2D eigenvalue weighted by Crippen LogP contribution is -2.20. The van der Waals surface area contributed by atoms with Crippen LogP contribution in [-0.4, -0.2) is 14.6 Å². The number of alkyl halides is 1. The fraction of sp³-hybridized carbons (Fsp3) is 0.222. The van der Waals surface area contributed by atoms with Crippen LogP contribution in [0.2, 0.25) is 0 Å². The Morgan fingerprint density at radius 1 is 1.73 bits per heavy atom. The van der Waals surface area contributed by atoms with Gasteiger partial charge >= 0.3 is 0 Å². The van der Waals surface area contributed by atoms with Crippen LogP contribution < -0.4 is 5.56 Å². The number of halogens is 1. The minimum absolute atomic E-state index is 0.170. The molecule has 0 amide bonds. The maximum Gasteiger partial charge on any atom is 0.275 e. The highest BCUT2D eigenvalue weighted by Gasteiger charge is 2.11. The number of fused-ring (bicyclic) bond motifs is 1. The van der Waals surface area contributed by atoms with E-state index in [0.717, 1.165) is 0 Å². The smallest absolute Gasteiger partial charge is 0.275 e. The maximum atomic E-state index is 11.8. The second-order valence-corrected chi connectivity index (χ2v) is 3.64. The molecule has 0 unspecified atom stereocenters. The quantitative estimate of drug-likeness (QED) is 0.786. The van der Waals surface area contributed by atoms with Gasteiger partial charge < -0.3 is 0 Å². The maximum absolute atomic E-state index is 11.8. The highest BCUT2D eigenvalue weighted by atomic mass is 79.9. The van der Waals surface area contributed by atoms with Crippen molar-refractivity contribution in [3.8, 4) is 6.07 Å². The molecule has 0 spiro atoms. The summed E-state index contributed by atoms with van der Waals surface area (Å²) in [5.41, 5.74) is 1.82. The normalized spacial score (nSPS) is 10.5. The van der Waals surface area contributed by atoms with Gasteiger partial charge in [0.15, 0.2) is 5.65 Å². The molecule has 2 aromatic heterocycles. The average Bonchev–Trinajstić information content (AvgIpc) is 2.66. The van der Waals surface area contributed by atoms with Gasteiger partial charge in [-0.1, -0.05) is 15.9 Å². The number of hydrogen-bond donors (Lipinski definition) is 1. The number of nitrogens with one attached hydrogen (secondary N) is 1. The molecule has 0 saturated heterocycles. The second kappa shape index (κ2) is 3.51. The van der Waals surface area contributed by atoms with E-state index in [0.29, 0.717) is 27.8 Å². The van der Waals surface area contributed by atoms with Crippen LogP contribution in [0.3, 0.4) is 0 Å². The summed E-state index contributed by atoms with van der Waals surface area (Å²) in [4.78, 5) is 16.0. The zero-order valence-corrected chi connectivity index (χ0v) is 9.50. The number of aromatic amines is 1. The highest BCUT2D eigenvalue weighted by Crippen LogP contribution is 2.10. The summed E-state index contributed by atoms with van der Waals surface area (Å²) >= 11 is 3.26. The van der Waals surface area contributed by atoms with E-state index < -0.39 is 0 Å². The Morgan fingerprint density at radius 3 is 3.07 bits per heavy atom. The number of aromatic nitrogens is 3. The highest BCUT2D eigenvalue weighted by molar-refractivity contribution is 9.08. The van der Waals surface area contributed by atoms with Gasteiger partial charge in [0, 0.05) is 17.1 Å². The monoisotopic (exact) mass is 266 g/mol. The first-order valence-corrected chi connectivity index (χ1v) is 5.37. The SMILES string of the molecule is Cc1c(CBr)nc2c(C#N)c[nH]n2c1=O. The topological polar surface area (TPSA) is 73.9 Å². The number of hydrogen-bond acceptors (Lipinski definition) is 3. The van der Waals surface area contributed by atoms with Crippen LogP contribution in [0.25, 0.3) is 5.65 Å². The van der Waals surface area contributed by atoms with Gasteiger partial charge in [-0.2, -0.15) is 5.26 Å². The molecule has 2 rings (SSSR count). The molecular formula is C9H7BrN4O. The number of nitrogens with zero attached hydrogens (tertiary/aromatic N) is 3. The van der Waals surface area contributed by atoms with Gasteiger partial charge in [-0.05, 0) is 6.92 Å². The predicted molar refractivity (Wildman–Crippen MR) is 57.9 cm³/mol. The molecule has 2 heterocycles. The molecule has 0 aromatic carbocycles. The van der Waals surface area contributed by atoms with Gasteiger partial charge in [0.2, 0.25) is 0 Å². The summed E-state index contributed by atoms with van der Waals surface area (Å²) in [5.74, 6) is 0. The number of rotatable bonds is 1. The average molecular weight is 267 g/mol. The van der Waals surface area contributed by atoms with E-state index in [4.69, 9.17) is 5.26 Å². The Morgan fingerprint density at radius 2 is 2.47 bits per heavy atom. The lowest BCUT2D eigenvalue weighted by Gasteiger charge is -2.01. The molecule has 0 atom stereocenters. The lowest BCUT2D eigenvalue weighted by atomic mass is 10.2. The van der Waals surface area contributed by atoms with Gasteiger partial charge in [0.1, 0.15) is 11.6 Å². The molecule has 0 radical (unpaired) electrons. The first-order chi connectivity index (χ1) is 7.19. The van der Waals surface area contributed by atoms with Crippen LogP contribution in [0, 0.1) is 18.3 Å². The molecule has 0 aliphatic heterocycles. The first kappa shape index (κ1) is 9.93. The van der Waals surface area contributed by atoms with Crippen molar-refractivity contribution < 1.29 is 0 Å². The molecule has 6 heteroatoms. The van der Waals surface area contributed by atoms with Crippen LogP contribution in [-0.2, 0) is 5.33 Å². The van der Waals surface area contributed by atoms with Crippen molar-refractivity contribution in [2.45, 2.75) is 12.3 Å². The molecule has 5 nitrogen and oxygen atoms in total. The van der Waals surface area contributed by atoms with E-state index in [9.17, 15) is 4.79 Å². The summed E-state index contributed by atoms with van der Waals surface area (Å²) in [5, 5.41) is 12.0. The molecule has 76 valence electrons. The standard InChI is InChI=1S/C9H7BrN4O/c1-5-7(2-10)13-8-6(3-11)4-12-14(8)9(5)15/h4,12H,2H2,1H3. The molecule has 0 aliphatic rings. The third-order valence-electron chi connectivity index (χ3n) is 2.24. The Hall–Kier alpha value is -1.61. The van der Waals surface area contributed by atoms with E-state index in [1.807, 2.05) is 6.07 Å². The molecule has 0 fully saturated rings. The van der Waals surface area contributed by atoms with Crippen molar-refractivity contribution >= 4 is 21.6 Å². The molecule has 0 saturated carbocycles. The predicted octanol–water partition coefficient (Wildman–Crippen LogP) is 1.10. The zero-order chi connectivity index (χ0) is 11.0. The van der Waals surface area contributed by atoms with Gasteiger partial charge in [-0.25, -0.2) is 9.50 Å². The minimum Gasteiger partial charge on any atom is -0.295 e. The zero-order valence-electron chi connectivity index (χ0n) is 7.91. The van der Waals surface area contributed by atoms with Crippen LogP contribution in [0.1, 0.15) is 16.8 Å². The minimum atomic E-state index is -0.170. The second-order valence-electron chi connectivity index (χ2n) is 3.08. The van der Waals surface area contributed by atoms with E-state index in [1.54, 1.807) is 6.92 Å². The summed E-state index contributed by atoms with van der Waals surface area (Å²) in [6.07, 6.45) is 1.47. The van der Waals surface area contributed by atoms with Crippen molar-refractivity contribution in [2.75, 3.05) is 0 Å². The fourth-order valence-corrected chi connectivity index (χ4v) is 1.90. The molecule has 0 bridgehead atoms. The summed E-state index contributed by atoms with van der Waals surface area (Å²) in [7, 11) is 0. The van der Waals surface area contributed by atoms with Crippen molar-refractivity contribution in [2.24, 2.45) is 0 Å². The third kappa shape index (κ3) is 1.36. The molecular weight excluding hydrogens is 260 g/mol. The van der Waals surface area contributed by atoms with Crippen molar-refractivity contribution in [3.05, 3.63) is 33.4 Å². The van der Waals surface area contributed by atoms with Gasteiger partial charge in [0.25, 0.3) is 5.56 Å². The van der Waals surface area contributed by atoms with Crippen LogP contribution >= 0.6 is 15.9 Å². The lowest BCUT2D eigenvalue weighted by molar-refractivity contribution is 0.872. The van der Waals surface area contributed by atoms with Crippen LogP contribution in [0.4, 0.5) is 0 Å². The van der Waals surface area contributed by atoms with Gasteiger partial charge in [-0.15, -0.1) is 0 Å². The number of H-pyrrole nitrogens is 1. The summed E-state index contributed by atoms with van der Waals surface area (Å²) < 4.78 is 1.28. The van der Waals surface area contributed by atoms with Gasteiger partial charge in [0.05, 0.1) is 5.69 Å². The third-order valence-corrected chi connectivity index (χ3v) is 2.77. The van der Waals surface area contributed by atoms with E-state index in [2.05, 4.69) is 26.0 Å². The fourth-order valence-electron chi connectivity index (χ4n) is 1.36. The number of nitriles is 1. The molecule has 2 aromatic rings. The Bertz CT molecular complexity index is 619. The van der Waals surface area contributed by atoms with Crippen LogP contribution in [0.15, 0.2) is 11.0 Å². The molecule has 1 N–H and O–H groups in total. The van der Waals surface area contributed by atoms with Crippen molar-refractivity contribution in [1.82, 2.24) is 14.6 Å². The summed E-state index contributed by atoms with van der Waals surface area (Å²) in [6, 6.07) is 1.98. The molecule has 15 heavy (non-hydrogen) atoms. The Kier molecular flexibility index (Phi) is 2.32. The van der Waals surface area contributed by atoms with E-state index in [-0.39, 0.29) is 5.56 Å². The van der Waals surface area contributed by atoms with Crippen molar-refractivity contribution in [3.63, 3.8) is 0 Å². The van der Waals surface area contributed by atoms with Crippen molar-refractivity contribution in [1.29, 1.82) is 5.26 Å².